The van der Waals surface area contributed by atoms with Crippen molar-refractivity contribution in [3.05, 3.63) is 60.7 Å². The maximum absolute atomic E-state index is 6.34. The Hall–Kier alpha value is -2.07. The molecule has 0 N–H and O–H groups in total. The molecule has 0 aliphatic rings. The molecule has 0 aliphatic heterocycles. The van der Waals surface area contributed by atoms with Crippen LogP contribution in [0, 0.1) is 0 Å². The van der Waals surface area contributed by atoms with Gasteiger partial charge in [-0.3, -0.25) is 0 Å². The molecule has 3 aromatic rings. The van der Waals surface area contributed by atoms with Crippen LogP contribution < -0.4 is 26.4 Å². The van der Waals surface area contributed by atoms with E-state index in [0.29, 0.717) is 0 Å². The Labute approximate surface area is 167 Å². The second-order valence-electron chi connectivity index (χ2n) is 6.36. The lowest BCUT2D eigenvalue weighted by molar-refractivity contribution is -0.740. The molecule has 3 nitrogen and oxygen atoms in total. The van der Waals surface area contributed by atoms with E-state index in [1.807, 2.05) is 12.1 Å². The number of halogens is 1. The minimum atomic E-state index is 0. The van der Waals surface area contributed by atoms with Gasteiger partial charge in [-0.05, 0) is 18.6 Å². The SMILES string of the molecule is CCCCCOc1c(-c2ccccc2)n(C)[n+](C)c1-c1ccccc1.[Br-]. The van der Waals surface area contributed by atoms with Crippen molar-refractivity contribution >= 4 is 0 Å². The molecule has 138 valence electrons. The molecule has 0 unspecified atom stereocenters. The lowest BCUT2D eigenvalue weighted by Crippen LogP contribution is -3.00. The predicted molar refractivity (Wildman–Crippen MR) is 102 cm³/mol. The molecule has 26 heavy (non-hydrogen) atoms. The van der Waals surface area contributed by atoms with Crippen LogP contribution in [0.5, 0.6) is 5.75 Å². The Morgan fingerprint density at radius 1 is 0.885 bits per heavy atom. The van der Waals surface area contributed by atoms with Crippen molar-refractivity contribution in [1.82, 2.24) is 4.68 Å². The highest BCUT2D eigenvalue weighted by Gasteiger charge is 2.29. The zero-order valence-corrected chi connectivity index (χ0v) is 17.4. The van der Waals surface area contributed by atoms with Crippen molar-refractivity contribution in [3.8, 4) is 28.3 Å². The normalized spacial score (nSPS) is 10.4. The first kappa shape index (κ1) is 20.2. The Morgan fingerprint density at radius 3 is 2.04 bits per heavy atom. The van der Waals surface area contributed by atoms with E-state index in [2.05, 4.69) is 78.9 Å². The molecule has 1 aromatic heterocycles. The molecule has 0 radical (unpaired) electrons. The Kier molecular flexibility index (Phi) is 7.46. The molecule has 4 heteroatoms. The molecule has 0 spiro atoms. The lowest BCUT2D eigenvalue weighted by Gasteiger charge is -2.07. The fourth-order valence-electron chi connectivity index (χ4n) is 3.20. The average molecular weight is 415 g/mol. The molecule has 0 bridgehead atoms. The number of rotatable bonds is 7. The number of nitrogens with zero attached hydrogens (tertiary/aromatic N) is 2. The summed E-state index contributed by atoms with van der Waals surface area (Å²) in [5, 5.41) is 0. The second kappa shape index (κ2) is 9.58. The monoisotopic (exact) mass is 414 g/mol. The van der Waals surface area contributed by atoms with E-state index in [9.17, 15) is 0 Å². The van der Waals surface area contributed by atoms with Crippen LogP contribution >= 0.6 is 0 Å². The van der Waals surface area contributed by atoms with Crippen LogP contribution in [0.15, 0.2) is 60.7 Å². The largest absolute Gasteiger partial charge is 1.00 e. The van der Waals surface area contributed by atoms with Crippen LogP contribution in [-0.2, 0) is 14.1 Å². The van der Waals surface area contributed by atoms with Gasteiger partial charge in [0, 0.05) is 5.56 Å². The number of ether oxygens (including phenoxy) is 1. The highest BCUT2D eigenvalue weighted by atomic mass is 79.9. The maximum Gasteiger partial charge on any atom is 0.280 e. The predicted octanol–water partition coefficient (Wildman–Crippen LogP) is 1.76. The smallest absolute Gasteiger partial charge is 0.280 e. The first-order valence-corrected chi connectivity index (χ1v) is 9.06. The number of aromatic nitrogens is 2. The van der Waals surface area contributed by atoms with Gasteiger partial charge in [0.05, 0.1) is 19.2 Å². The van der Waals surface area contributed by atoms with Gasteiger partial charge >= 0.3 is 0 Å². The van der Waals surface area contributed by atoms with Crippen molar-refractivity contribution < 1.29 is 26.4 Å². The van der Waals surface area contributed by atoms with E-state index in [1.54, 1.807) is 0 Å². The minimum Gasteiger partial charge on any atom is -1.00 e. The lowest BCUT2D eigenvalue weighted by atomic mass is 10.1. The summed E-state index contributed by atoms with van der Waals surface area (Å²) in [6, 6.07) is 21.0. The second-order valence-corrected chi connectivity index (χ2v) is 6.36. The molecule has 0 amide bonds. The molecule has 0 saturated carbocycles. The summed E-state index contributed by atoms with van der Waals surface area (Å²) < 4.78 is 10.7. The van der Waals surface area contributed by atoms with Crippen molar-refractivity contribution in [2.45, 2.75) is 26.2 Å². The van der Waals surface area contributed by atoms with Crippen molar-refractivity contribution in [3.63, 3.8) is 0 Å². The van der Waals surface area contributed by atoms with E-state index in [1.165, 1.54) is 24.0 Å². The molecule has 2 aromatic carbocycles. The molecule has 0 fully saturated rings. The topological polar surface area (TPSA) is 18.0 Å². The maximum atomic E-state index is 6.34. The number of benzene rings is 2. The van der Waals surface area contributed by atoms with Crippen molar-refractivity contribution in [2.24, 2.45) is 14.1 Å². The van der Waals surface area contributed by atoms with Gasteiger partial charge in [0.15, 0.2) is 12.7 Å². The average Bonchev–Trinajstić information content (AvgIpc) is 2.91. The number of hydrogen-bond acceptors (Lipinski definition) is 1. The van der Waals surface area contributed by atoms with E-state index in [-0.39, 0.29) is 17.0 Å². The van der Waals surface area contributed by atoms with Gasteiger partial charge in [0.25, 0.3) is 5.69 Å². The minimum absolute atomic E-state index is 0. The zero-order valence-electron chi connectivity index (χ0n) is 15.8. The Balaban J connectivity index is 0.00000243. The van der Waals surface area contributed by atoms with E-state index >= 15 is 0 Å². The van der Waals surface area contributed by atoms with Gasteiger partial charge in [-0.2, -0.15) is 4.68 Å². The molecule has 0 atom stereocenters. The Morgan fingerprint density at radius 2 is 1.46 bits per heavy atom. The van der Waals surface area contributed by atoms with E-state index in [4.69, 9.17) is 4.74 Å². The third kappa shape index (κ3) is 4.18. The third-order valence-electron chi connectivity index (χ3n) is 4.62. The van der Waals surface area contributed by atoms with Crippen LogP contribution in [0.4, 0.5) is 0 Å². The summed E-state index contributed by atoms with van der Waals surface area (Å²) in [5.41, 5.74) is 4.60. The summed E-state index contributed by atoms with van der Waals surface area (Å²) in [7, 11) is 4.18. The molecular weight excluding hydrogens is 388 g/mol. The van der Waals surface area contributed by atoms with Crippen LogP contribution in [0.3, 0.4) is 0 Å². The molecule has 1 heterocycles. The fraction of sp³-hybridized carbons (Fsp3) is 0.318. The summed E-state index contributed by atoms with van der Waals surface area (Å²) >= 11 is 0. The van der Waals surface area contributed by atoms with E-state index < -0.39 is 0 Å². The van der Waals surface area contributed by atoms with Crippen LogP contribution in [0.25, 0.3) is 22.5 Å². The fourth-order valence-corrected chi connectivity index (χ4v) is 3.20. The van der Waals surface area contributed by atoms with Crippen molar-refractivity contribution in [1.29, 1.82) is 0 Å². The Bertz CT molecular complexity index is 750. The van der Waals surface area contributed by atoms with Gasteiger partial charge in [-0.25, -0.2) is 0 Å². The van der Waals surface area contributed by atoms with Crippen molar-refractivity contribution in [2.75, 3.05) is 6.61 Å². The van der Waals surface area contributed by atoms with E-state index in [0.717, 1.165) is 30.2 Å². The third-order valence-corrected chi connectivity index (χ3v) is 4.62. The highest BCUT2D eigenvalue weighted by Crippen LogP contribution is 2.37. The zero-order chi connectivity index (χ0) is 17.6. The molecule has 3 rings (SSSR count). The summed E-state index contributed by atoms with van der Waals surface area (Å²) in [6.07, 6.45) is 3.47. The van der Waals surface area contributed by atoms with Gasteiger partial charge in [0.2, 0.25) is 5.75 Å². The standard InChI is InChI=1S/C22H27N2O.BrH/c1-4-5-12-17-25-22-20(18-13-8-6-9-14-18)23(2)24(3)21(22)19-15-10-7-11-16-19;/h6-11,13-16H,4-5,12,17H2,1-3H3;1H/q+1;/p-1. The van der Waals surface area contributed by atoms with Gasteiger partial charge < -0.3 is 21.7 Å². The molecule has 0 saturated heterocycles. The van der Waals surface area contributed by atoms with Gasteiger partial charge in [-0.1, -0.05) is 68.3 Å². The summed E-state index contributed by atoms with van der Waals surface area (Å²) in [4.78, 5) is 0. The summed E-state index contributed by atoms with van der Waals surface area (Å²) in [6.45, 7) is 2.96. The number of hydrogen-bond donors (Lipinski definition) is 0. The van der Waals surface area contributed by atoms with Crippen LogP contribution in [-0.4, -0.2) is 11.3 Å². The molecule has 0 aliphatic carbocycles. The van der Waals surface area contributed by atoms with Gasteiger partial charge in [-0.15, -0.1) is 4.68 Å². The molecular formula is C22H27BrN2O. The van der Waals surface area contributed by atoms with Gasteiger partial charge in [0.1, 0.15) is 0 Å². The first-order valence-electron chi connectivity index (χ1n) is 9.06. The first-order chi connectivity index (χ1) is 12.2. The number of unbranched alkanes of at least 4 members (excludes halogenated alkanes) is 2. The van der Waals surface area contributed by atoms with Crippen LogP contribution in [0.1, 0.15) is 26.2 Å². The highest BCUT2D eigenvalue weighted by molar-refractivity contribution is 5.76. The van der Waals surface area contributed by atoms with Crippen LogP contribution in [0.2, 0.25) is 0 Å². The summed E-state index contributed by atoms with van der Waals surface area (Å²) in [5.74, 6) is 0.971. The quantitative estimate of drug-likeness (QED) is 0.425.